The summed E-state index contributed by atoms with van der Waals surface area (Å²) >= 11 is 0. The zero-order valence-corrected chi connectivity index (χ0v) is 27.7. The van der Waals surface area contributed by atoms with Crippen molar-refractivity contribution in [3.63, 3.8) is 0 Å². The van der Waals surface area contributed by atoms with Crippen LogP contribution in [-0.2, 0) is 9.13 Å². The van der Waals surface area contributed by atoms with Crippen LogP contribution in [0.5, 0.6) is 0 Å². The lowest BCUT2D eigenvalue weighted by Crippen LogP contribution is -2.14. The molecule has 0 aromatic heterocycles. The molecule has 0 aliphatic carbocycles. The Morgan fingerprint density at radius 2 is 0.583 bits per heavy atom. The van der Waals surface area contributed by atoms with Gasteiger partial charge in [-0.05, 0) is 59.6 Å². The van der Waals surface area contributed by atoms with Crippen molar-refractivity contribution in [3.05, 3.63) is 192 Å². The number of hydrogen-bond donors (Lipinski definition) is 0. The zero-order chi connectivity index (χ0) is 33.1. The molecule has 0 saturated heterocycles. The third kappa shape index (κ3) is 7.69. The smallest absolute Gasteiger partial charge is 0.211 e. The monoisotopic (exact) mass is 650 g/mol. The molecule has 6 rings (SSSR count). The molecule has 0 bridgehead atoms. The maximum absolute atomic E-state index is 14.2. The molecule has 0 fully saturated rings. The van der Waals surface area contributed by atoms with Gasteiger partial charge in [-0.25, -0.2) is 0 Å². The van der Waals surface area contributed by atoms with Gasteiger partial charge in [0.2, 0.25) is 14.3 Å². The predicted octanol–water partition coefficient (Wildman–Crippen LogP) is 7.74. The van der Waals surface area contributed by atoms with Crippen molar-refractivity contribution in [3.8, 4) is 46.8 Å². The van der Waals surface area contributed by atoms with Crippen LogP contribution in [0.2, 0.25) is 0 Å². The van der Waals surface area contributed by atoms with E-state index in [1.54, 1.807) is 0 Å². The standard InChI is InChI=1S/C44H28O2P2/c45-47(41-23-5-1-6-24-41,42-25-7-2-8-26-42)33-31-39-21-15-19-37(35-39)17-13-14-18-38-20-16-22-40(36-38)32-34-48(46,43-27-9-3-10-28-43)44-29-11-4-12-30-44/h1-12,15-16,19-30,35-36H. The number of hydrogen-bond acceptors (Lipinski definition) is 2. The maximum Gasteiger partial charge on any atom is 0.211 e. The molecule has 0 radical (unpaired) electrons. The summed E-state index contributed by atoms with van der Waals surface area (Å²) in [4.78, 5) is 0. The Kier molecular flexibility index (Phi) is 10.0. The maximum atomic E-state index is 14.2. The van der Waals surface area contributed by atoms with E-state index in [9.17, 15) is 9.13 Å². The van der Waals surface area contributed by atoms with Crippen LogP contribution >= 0.6 is 14.3 Å². The molecule has 0 saturated carbocycles. The topological polar surface area (TPSA) is 34.1 Å². The van der Waals surface area contributed by atoms with Gasteiger partial charge in [-0.3, -0.25) is 9.13 Å². The van der Waals surface area contributed by atoms with E-state index in [4.69, 9.17) is 0 Å². The van der Waals surface area contributed by atoms with Crippen LogP contribution < -0.4 is 21.2 Å². The van der Waals surface area contributed by atoms with Crippen molar-refractivity contribution in [2.24, 2.45) is 0 Å². The minimum atomic E-state index is -3.16. The first-order valence-electron chi connectivity index (χ1n) is 15.2. The van der Waals surface area contributed by atoms with Gasteiger partial charge in [-0.15, -0.1) is 0 Å². The summed E-state index contributed by atoms with van der Waals surface area (Å²) in [5.41, 5.74) is 9.15. The molecule has 0 N–H and O–H groups in total. The zero-order valence-electron chi connectivity index (χ0n) is 25.9. The minimum absolute atomic E-state index is 0.700. The molecule has 2 nitrogen and oxygen atoms in total. The second-order valence-corrected chi connectivity index (χ2v) is 15.6. The van der Waals surface area contributed by atoms with E-state index in [0.29, 0.717) is 21.2 Å². The molecule has 0 amide bonds. The Hall–Kier alpha value is -5.98. The molecule has 0 unspecified atom stereocenters. The van der Waals surface area contributed by atoms with Crippen LogP contribution in [0.15, 0.2) is 170 Å². The molecule has 4 heteroatoms. The molecular weight excluding hydrogens is 622 g/mol. The van der Waals surface area contributed by atoms with Crippen LogP contribution in [0.1, 0.15) is 22.3 Å². The van der Waals surface area contributed by atoms with E-state index < -0.39 is 14.3 Å². The Balaban J connectivity index is 1.22. The van der Waals surface area contributed by atoms with Gasteiger partial charge >= 0.3 is 0 Å². The van der Waals surface area contributed by atoms with Gasteiger partial charge in [0.25, 0.3) is 0 Å². The number of rotatable bonds is 4. The van der Waals surface area contributed by atoms with E-state index in [2.05, 4.69) is 46.8 Å². The molecule has 0 spiro atoms. The van der Waals surface area contributed by atoms with E-state index in [0.717, 1.165) is 22.3 Å². The van der Waals surface area contributed by atoms with Crippen LogP contribution in [0.4, 0.5) is 0 Å². The normalized spacial score (nSPS) is 10.4. The van der Waals surface area contributed by atoms with Crippen molar-refractivity contribution in [2.75, 3.05) is 0 Å². The molecule has 226 valence electrons. The lowest BCUT2D eigenvalue weighted by Gasteiger charge is -2.12. The summed E-state index contributed by atoms with van der Waals surface area (Å²) < 4.78 is 28.4. The first-order valence-corrected chi connectivity index (χ1v) is 18.7. The largest absolute Gasteiger partial charge is 0.300 e. The van der Waals surface area contributed by atoms with Gasteiger partial charge in [0.1, 0.15) is 0 Å². The summed E-state index contributed by atoms with van der Waals surface area (Å²) in [5.74, 6) is 18.3. The predicted molar refractivity (Wildman–Crippen MR) is 200 cm³/mol. The fraction of sp³-hybridized carbons (Fsp3) is 0. The van der Waals surface area contributed by atoms with Gasteiger partial charge in [0.15, 0.2) is 0 Å². The van der Waals surface area contributed by atoms with Crippen molar-refractivity contribution in [1.82, 2.24) is 0 Å². The van der Waals surface area contributed by atoms with E-state index in [-0.39, 0.29) is 0 Å². The summed E-state index contributed by atoms with van der Waals surface area (Å²) in [7, 11) is -6.32. The highest BCUT2D eigenvalue weighted by Crippen LogP contribution is 2.43. The Bertz CT molecular complexity index is 2150. The van der Waals surface area contributed by atoms with Gasteiger partial charge in [-0.2, -0.15) is 0 Å². The molecular formula is C44H28O2P2. The van der Waals surface area contributed by atoms with Gasteiger partial charge in [-0.1, -0.05) is 157 Å². The molecule has 0 aliphatic heterocycles. The average molecular weight is 651 g/mol. The van der Waals surface area contributed by atoms with Gasteiger partial charge in [0, 0.05) is 43.5 Å². The average Bonchev–Trinajstić information content (AvgIpc) is 3.16. The fourth-order valence-electron chi connectivity index (χ4n) is 4.95. The summed E-state index contributed by atoms with van der Waals surface area (Å²) in [5, 5.41) is 2.80. The highest BCUT2D eigenvalue weighted by atomic mass is 31.2. The lowest BCUT2D eigenvalue weighted by molar-refractivity contribution is 0.592. The van der Waals surface area contributed by atoms with E-state index in [1.807, 2.05) is 170 Å². The highest BCUT2D eigenvalue weighted by molar-refractivity contribution is 7.83. The Labute approximate surface area is 282 Å². The van der Waals surface area contributed by atoms with Crippen molar-refractivity contribution < 1.29 is 9.13 Å². The summed E-state index contributed by atoms with van der Waals surface area (Å²) in [6, 6.07) is 52.6. The Morgan fingerprint density at radius 3 is 0.875 bits per heavy atom. The van der Waals surface area contributed by atoms with Gasteiger partial charge < -0.3 is 0 Å². The first kappa shape index (κ1) is 32.0. The quantitative estimate of drug-likeness (QED) is 0.145. The second-order valence-electron chi connectivity index (χ2n) is 10.7. The SMILES string of the molecule is O=P(C#Cc1cccc(C#CC#Cc2cccc(C#CP(=O)(c3ccccc3)c3ccccc3)c2)c1)(c1ccccc1)c1ccccc1. The van der Waals surface area contributed by atoms with Gasteiger partial charge in [0.05, 0.1) is 0 Å². The Morgan fingerprint density at radius 1 is 0.312 bits per heavy atom. The molecule has 48 heavy (non-hydrogen) atoms. The van der Waals surface area contributed by atoms with E-state index >= 15 is 0 Å². The third-order valence-corrected chi connectivity index (χ3v) is 12.4. The summed E-state index contributed by atoms with van der Waals surface area (Å²) in [6.07, 6.45) is 0. The lowest BCUT2D eigenvalue weighted by atomic mass is 10.1. The van der Waals surface area contributed by atoms with Crippen molar-refractivity contribution >= 4 is 35.5 Å². The molecule has 0 heterocycles. The van der Waals surface area contributed by atoms with Crippen LogP contribution in [0.25, 0.3) is 0 Å². The summed E-state index contributed by atoms with van der Waals surface area (Å²) in [6.45, 7) is 0. The fourth-order valence-corrected chi connectivity index (χ4v) is 9.00. The van der Waals surface area contributed by atoms with Crippen LogP contribution in [0, 0.1) is 46.8 Å². The molecule has 0 atom stereocenters. The van der Waals surface area contributed by atoms with Crippen molar-refractivity contribution in [2.45, 2.75) is 0 Å². The minimum Gasteiger partial charge on any atom is -0.300 e. The molecule has 6 aromatic rings. The van der Waals surface area contributed by atoms with Crippen LogP contribution in [0.3, 0.4) is 0 Å². The van der Waals surface area contributed by atoms with E-state index in [1.165, 1.54) is 0 Å². The molecule has 6 aromatic carbocycles. The first-order chi connectivity index (χ1) is 23.5. The number of benzene rings is 6. The third-order valence-electron chi connectivity index (χ3n) is 7.40. The second kappa shape index (κ2) is 15.1. The van der Waals surface area contributed by atoms with Crippen LogP contribution in [-0.4, -0.2) is 0 Å². The molecule has 0 aliphatic rings. The highest BCUT2D eigenvalue weighted by Gasteiger charge is 2.25. The van der Waals surface area contributed by atoms with Crippen molar-refractivity contribution in [1.29, 1.82) is 0 Å².